The Hall–Kier alpha value is -4.21. The van der Waals surface area contributed by atoms with Gasteiger partial charge in [0.2, 0.25) is 11.8 Å². The molecule has 176 valence electrons. The summed E-state index contributed by atoms with van der Waals surface area (Å²) in [5, 5.41) is 7.69. The molecule has 2 aromatic rings. The number of imide groups is 2. The van der Waals surface area contributed by atoms with Gasteiger partial charge in [-0.1, -0.05) is 6.07 Å². The van der Waals surface area contributed by atoms with Gasteiger partial charge in [0.25, 0.3) is 11.8 Å². The Kier molecular flexibility index (Phi) is 6.58. The molecule has 1 saturated heterocycles. The minimum absolute atomic E-state index is 0.0775. The number of piperidine rings is 1. The number of ether oxygens (including phenoxy) is 1. The van der Waals surface area contributed by atoms with Crippen molar-refractivity contribution in [3.05, 3.63) is 59.2 Å². The van der Waals surface area contributed by atoms with Gasteiger partial charge in [-0.05, 0) is 61.2 Å². The number of carbonyl (C=O) groups is 5. The Labute approximate surface area is 195 Å². The molecule has 10 nitrogen and oxygen atoms in total. The van der Waals surface area contributed by atoms with Crippen molar-refractivity contribution in [2.45, 2.75) is 31.7 Å². The number of hydrogen-bond acceptors (Lipinski definition) is 6. The van der Waals surface area contributed by atoms with Crippen LogP contribution in [0.2, 0.25) is 0 Å². The first-order chi connectivity index (χ1) is 16.4. The first-order valence-corrected chi connectivity index (χ1v) is 10.9. The molecule has 0 spiro atoms. The van der Waals surface area contributed by atoms with E-state index < -0.39 is 29.7 Å². The van der Waals surface area contributed by atoms with Crippen molar-refractivity contribution in [2.24, 2.45) is 0 Å². The van der Waals surface area contributed by atoms with E-state index in [0.29, 0.717) is 30.8 Å². The Balaban J connectivity index is 1.30. The fourth-order valence-corrected chi connectivity index (χ4v) is 4.02. The van der Waals surface area contributed by atoms with Crippen LogP contribution in [0.25, 0.3) is 0 Å². The summed E-state index contributed by atoms with van der Waals surface area (Å²) in [4.78, 5) is 62.2. The zero-order chi connectivity index (χ0) is 24.2. The quantitative estimate of drug-likeness (QED) is 0.423. The molecule has 1 unspecified atom stereocenters. The van der Waals surface area contributed by atoms with Gasteiger partial charge in [-0.25, -0.2) is 4.79 Å². The summed E-state index contributed by atoms with van der Waals surface area (Å²) in [5.74, 6) is -1.41. The largest absolute Gasteiger partial charge is 0.497 e. The van der Waals surface area contributed by atoms with E-state index in [-0.39, 0.29) is 30.0 Å². The molecule has 6 amide bonds. The van der Waals surface area contributed by atoms with E-state index in [9.17, 15) is 24.0 Å². The molecule has 4 rings (SSSR count). The normalized spacial score (nSPS) is 17.3. The van der Waals surface area contributed by atoms with Crippen LogP contribution in [0.3, 0.4) is 0 Å². The number of amides is 6. The predicted molar refractivity (Wildman–Crippen MR) is 121 cm³/mol. The molecule has 2 aromatic carbocycles. The maximum Gasteiger partial charge on any atom is 0.319 e. The first-order valence-electron chi connectivity index (χ1n) is 10.9. The van der Waals surface area contributed by atoms with Crippen molar-refractivity contribution >= 4 is 35.3 Å². The number of nitrogens with zero attached hydrogens (tertiary/aromatic N) is 1. The molecule has 34 heavy (non-hydrogen) atoms. The number of aryl methyl sites for hydroxylation is 1. The van der Waals surface area contributed by atoms with Gasteiger partial charge in [-0.2, -0.15) is 0 Å². The molecule has 0 aliphatic carbocycles. The van der Waals surface area contributed by atoms with E-state index in [1.54, 1.807) is 49.6 Å². The lowest BCUT2D eigenvalue weighted by Crippen LogP contribution is -2.54. The lowest BCUT2D eigenvalue weighted by Gasteiger charge is -2.27. The SMILES string of the molecule is COc1ccc(NC(=O)NCCCc2ccc3c(c2)C(=O)N(C2CCC(=O)NC2=O)C3=O)cc1. The van der Waals surface area contributed by atoms with E-state index in [4.69, 9.17) is 4.74 Å². The van der Waals surface area contributed by atoms with Crippen molar-refractivity contribution in [1.29, 1.82) is 0 Å². The van der Waals surface area contributed by atoms with Gasteiger partial charge < -0.3 is 15.4 Å². The Morgan fingerprint density at radius 3 is 2.50 bits per heavy atom. The van der Waals surface area contributed by atoms with Crippen LogP contribution < -0.4 is 20.7 Å². The van der Waals surface area contributed by atoms with Gasteiger partial charge in [-0.3, -0.25) is 29.4 Å². The molecule has 0 saturated carbocycles. The van der Waals surface area contributed by atoms with Crippen LogP contribution in [-0.2, 0) is 16.0 Å². The smallest absolute Gasteiger partial charge is 0.319 e. The van der Waals surface area contributed by atoms with Gasteiger partial charge in [0.15, 0.2) is 0 Å². The number of hydrogen-bond donors (Lipinski definition) is 3. The number of rotatable bonds is 7. The maximum absolute atomic E-state index is 12.9. The molecule has 2 aliphatic rings. The van der Waals surface area contributed by atoms with Crippen LogP contribution in [0.1, 0.15) is 45.5 Å². The average molecular weight is 464 g/mol. The third-order valence-corrected chi connectivity index (χ3v) is 5.78. The predicted octanol–water partition coefficient (Wildman–Crippen LogP) is 1.85. The van der Waals surface area contributed by atoms with Gasteiger partial charge in [0.1, 0.15) is 11.8 Å². The highest BCUT2D eigenvalue weighted by Gasteiger charge is 2.44. The van der Waals surface area contributed by atoms with Crippen LogP contribution in [-0.4, -0.2) is 54.3 Å². The van der Waals surface area contributed by atoms with Crippen LogP contribution in [0.15, 0.2) is 42.5 Å². The van der Waals surface area contributed by atoms with E-state index >= 15 is 0 Å². The number of methoxy groups -OCH3 is 1. The Morgan fingerprint density at radius 1 is 1.06 bits per heavy atom. The highest BCUT2D eigenvalue weighted by molar-refractivity contribution is 6.23. The standard InChI is InChI=1S/C24H24N4O6/c1-34-16-7-5-15(6-8-16)26-24(33)25-12-2-3-14-4-9-17-18(13-14)23(32)28(22(17)31)19-10-11-20(29)27-21(19)30/h4-9,13,19H,2-3,10-12H2,1H3,(H2,25,26,33)(H,27,29,30). The molecule has 0 bridgehead atoms. The monoisotopic (exact) mass is 464 g/mol. The highest BCUT2D eigenvalue weighted by atomic mass is 16.5. The lowest BCUT2D eigenvalue weighted by atomic mass is 10.0. The first kappa shape index (κ1) is 23.0. The minimum Gasteiger partial charge on any atom is -0.497 e. The Morgan fingerprint density at radius 2 is 1.79 bits per heavy atom. The van der Waals surface area contributed by atoms with E-state index in [0.717, 1.165) is 10.5 Å². The molecular formula is C24H24N4O6. The van der Waals surface area contributed by atoms with E-state index in [1.165, 1.54) is 0 Å². The molecule has 2 heterocycles. The number of anilines is 1. The molecule has 0 aromatic heterocycles. The number of carbonyl (C=O) groups excluding carboxylic acids is 5. The third kappa shape index (κ3) is 4.75. The number of nitrogens with one attached hydrogen (secondary N) is 3. The third-order valence-electron chi connectivity index (χ3n) is 5.78. The van der Waals surface area contributed by atoms with Crippen molar-refractivity contribution in [1.82, 2.24) is 15.5 Å². The van der Waals surface area contributed by atoms with Crippen molar-refractivity contribution < 1.29 is 28.7 Å². The summed E-state index contributed by atoms with van der Waals surface area (Å²) in [6, 6.07) is 10.6. The van der Waals surface area contributed by atoms with Gasteiger partial charge in [0, 0.05) is 18.7 Å². The van der Waals surface area contributed by atoms with Crippen molar-refractivity contribution in [2.75, 3.05) is 19.0 Å². The van der Waals surface area contributed by atoms with Crippen LogP contribution in [0, 0.1) is 0 Å². The van der Waals surface area contributed by atoms with Crippen LogP contribution >= 0.6 is 0 Å². The molecule has 1 fully saturated rings. The number of fused-ring (bicyclic) bond motifs is 1. The number of benzene rings is 2. The molecular weight excluding hydrogens is 440 g/mol. The fraction of sp³-hybridized carbons (Fsp3) is 0.292. The zero-order valence-corrected chi connectivity index (χ0v) is 18.6. The van der Waals surface area contributed by atoms with Crippen LogP contribution in [0.5, 0.6) is 5.75 Å². The molecule has 3 N–H and O–H groups in total. The molecule has 1 atom stereocenters. The minimum atomic E-state index is -0.984. The van der Waals surface area contributed by atoms with Gasteiger partial charge in [-0.15, -0.1) is 0 Å². The second-order valence-electron chi connectivity index (χ2n) is 8.04. The summed E-state index contributed by atoms with van der Waals surface area (Å²) in [5.41, 5.74) is 1.97. The topological polar surface area (TPSA) is 134 Å². The zero-order valence-electron chi connectivity index (χ0n) is 18.6. The fourth-order valence-electron chi connectivity index (χ4n) is 4.02. The summed E-state index contributed by atoms with van der Waals surface area (Å²) in [6.07, 6.45) is 1.39. The summed E-state index contributed by atoms with van der Waals surface area (Å²) in [7, 11) is 1.57. The van der Waals surface area contributed by atoms with Gasteiger partial charge >= 0.3 is 6.03 Å². The average Bonchev–Trinajstić information content (AvgIpc) is 3.07. The van der Waals surface area contributed by atoms with Crippen LogP contribution in [0.4, 0.5) is 10.5 Å². The van der Waals surface area contributed by atoms with E-state index in [2.05, 4.69) is 16.0 Å². The summed E-state index contributed by atoms with van der Waals surface area (Å²) >= 11 is 0. The van der Waals surface area contributed by atoms with E-state index in [1.807, 2.05) is 0 Å². The van der Waals surface area contributed by atoms with Crippen molar-refractivity contribution in [3.63, 3.8) is 0 Å². The maximum atomic E-state index is 12.9. The van der Waals surface area contributed by atoms with Crippen molar-refractivity contribution in [3.8, 4) is 5.75 Å². The molecule has 2 aliphatic heterocycles. The number of urea groups is 1. The lowest BCUT2D eigenvalue weighted by molar-refractivity contribution is -0.136. The molecule has 10 heteroatoms. The Bertz CT molecular complexity index is 1160. The summed E-state index contributed by atoms with van der Waals surface area (Å²) in [6.45, 7) is 0.411. The molecule has 0 radical (unpaired) electrons. The summed E-state index contributed by atoms with van der Waals surface area (Å²) < 4.78 is 5.08. The second kappa shape index (κ2) is 9.74. The second-order valence-corrected chi connectivity index (χ2v) is 8.04. The van der Waals surface area contributed by atoms with Gasteiger partial charge in [0.05, 0.1) is 18.2 Å². The highest BCUT2D eigenvalue weighted by Crippen LogP contribution is 2.28.